The van der Waals surface area contributed by atoms with E-state index >= 15 is 0 Å². The van der Waals surface area contributed by atoms with Crippen LogP contribution >= 0.6 is 11.6 Å². The monoisotopic (exact) mass is 453 g/mol. The van der Waals surface area contributed by atoms with E-state index in [0.717, 1.165) is 33.4 Å². The largest absolute Gasteiger partial charge is 0.394 e. The Bertz CT molecular complexity index is 1330. The zero-order valence-corrected chi connectivity index (χ0v) is 18.3. The molecule has 0 bridgehead atoms. The summed E-state index contributed by atoms with van der Waals surface area (Å²) in [6.45, 7) is 3.46. The quantitative estimate of drug-likeness (QED) is 0.483. The summed E-state index contributed by atoms with van der Waals surface area (Å²) in [4.78, 5) is 21.2. The van der Waals surface area contributed by atoms with Crippen LogP contribution in [0.2, 0.25) is 5.15 Å². The Morgan fingerprint density at radius 1 is 1.19 bits per heavy atom. The summed E-state index contributed by atoms with van der Waals surface area (Å²) < 4.78 is 16.7. The average Bonchev–Trinajstić information content (AvgIpc) is 3.18. The van der Waals surface area contributed by atoms with Crippen LogP contribution in [-0.4, -0.2) is 36.0 Å². The molecule has 3 heterocycles. The van der Waals surface area contributed by atoms with E-state index in [1.807, 2.05) is 42.8 Å². The SMILES string of the molecule is Cc1cn(-c2ccc(Cc3cc(Cl)nn([C@@H](CO)c4cncc(F)c4)c3=O)cc2C)cn1. The van der Waals surface area contributed by atoms with Crippen molar-refractivity contribution < 1.29 is 9.50 Å². The Hall–Kier alpha value is -3.36. The second-order valence-electron chi connectivity index (χ2n) is 7.60. The number of nitrogens with zero attached hydrogens (tertiary/aromatic N) is 5. The molecule has 0 aliphatic heterocycles. The number of aliphatic hydroxyl groups excluding tert-OH is 1. The van der Waals surface area contributed by atoms with Gasteiger partial charge in [0.05, 0.1) is 24.8 Å². The van der Waals surface area contributed by atoms with Crippen molar-refractivity contribution in [3.63, 3.8) is 0 Å². The summed E-state index contributed by atoms with van der Waals surface area (Å²) in [6.07, 6.45) is 6.46. The molecular formula is C23H21ClFN5O2. The van der Waals surface area contributed by atoms with Crippen molar-refractivity contribution in [2.45, 2.75) is 26.3 Å². The normalized spacial score (nSPS) is 12.2. The van der Waals surface area contributed by atoms with Crippen molar-refractivity contribution in [3.05, 3.63) is 105 Å². The van der Waals surface area contributed by atoms with Gasteiger partial charge in [-0.25, -0.2) is 14.1 Å². The summed E-state index contributed by atoms with van der Waals surface area (Å²) in [6, 6.07) is 7.74. The fourth-order valence-electron chi connectivity index (χ4n) is 3.69. The fourth-order valence-corrected chi connectivity index (χ4v) is 3.91. The molecule has 164 valence electrons. The molecule has 0 fully saturated rings. The fraction of sp³-hybridized carbons (Fsp3) is 0.217. The van der Waals surface area contributed by atoms with E-state index in [2.05, 4.69) is 15.1 Å². The molecule has 4 rings (SSSR count). The van der Waals surface area contributed by atoms with Gasteiger partial charge in [-0.1, -0.05) is 23.7 Å². The molecule has 1 aromatic carbocycles. The lowest BCUT2D eigenvalue weighted by molar-refractivity contribution is 0.236. The van der Waals surface area contributed by atoms with Crippen LogP contribution in [0.25, 0.3) is 5.69 Å². The molecule has 0 amide bonds. The van der Waals surface area contributed by atoms with E-state index in [0.29, 0.717) is 17.5 Å². The molecule has 0 aliphatic carbocycles. The lowest BCUT2D eigenvalue weighted by Crippen LogP contribution is -2.32. The van der Waals surface area contributed by atoms with Gasteiger partial charge in [-0.05, 0) is 43.2 Å². The van der Waals surface area contributed by atoms with Crippen LogP contribution in [-0.2, 0) is 6.42 Å². The molecule has 0 saturated heterocycles. The van der Waals surface area contributed by atoms with Crippen LogP contribution in [0, 0.1) is 19.7 Å². The van der Waals surface area contributed by atoms with Gasteiger partial charge in [-0.3, -0.25) is 9.78 Å². The molecule has 9 heteroatoms. The highest BCUT2D eigenvalue weighted by Crippen LogP contribution is 2.20. The number of hydrogen-bond acceptors (Lipinski definition) is 5. The van der Waals surface area contributed by atoms with Crippen molar-refractivity contribution >= 4 is 11.6 Å². The first-order valence-corrected chi connectivity index (χ1v) is 10.3. The van der Waals surface area contributed by atoms with Gasteiger partial charge in [0.1, 0.15) is 17.0 Å². The van der Waals surface area contributed by atoms with Gasteiger partial charge in [0.15, 0.2) is 0 Å². The summed E-state index contributed by atoms with van der Waals surface area (Å²) in [5, 5.41) is 14.1. The van der Waals surface area contributed by atoms with E-state index < -0.39 is 24.0 Å². The van der Waals surface area contributed by atoms with Gasteiger partial charge in [-0.2, -0.15) is 5.10 Å². The molecule has 32 heavy (non-hydrogen) atoms. The zero-order valence-electron chi connectivity index (χ0n) is 17.5. The third kappa shape index (κ3) is 4.46. The predicted octanol–water partition coefficient (Wildman–Crippen LogP) is 3.41. The molecule has 0 radical (unpaired) electrons. The molecule has 0 spiro atoms. The molecule has 0 aliphatic rings. The van der Waals surface area contributed by atoms with Gasteiger partial charge in [0.25, 0.3) is 5.56 Å². The summed E-state index contributed by atoms with van der Waals surface area (Å²) >= 11 is 6.19. The number of aromatic nitrogens is 5. The molecule has 1 N–H and O–H groups in total. The maximum Gasteiger partial charge on any atom is 0.271 e. The molecule has 4 aromatic rings. The maximum atomic E-state index is 13.6. The Morgan fingerprint density at radius 2 is 2.00 bits per heavy atom. The first-order chi connectivity index (χ1) is 15.4. The van der Waals surface area contributed by atoms with Crippen molar-refractivity contribution in [2.75, 3.05) is 6.61 Å². The van der Waals surface area contributed by atoms with Crippen molar-refractivity contribution in [1.82, 2.24) is 24.3 Å². The second-order valence-corrected chi connectivity index (χ2v) is 7.98. The highest BCUT2D eigenvalue weighted by molar-refractivity contribution is 6.29. The first kappa shape index (κ1) is 21.9. The van der Waals surface area contributed by atoms with Gasteiger partial charge in [0, 0.05) is 35.6 Å². The molecule has 3 aromatic heterocycles. The van der Waals surface area contributed by atoms with Crippen LogP contribution in [0.5, 0.6) is 0 Å². The number of rotatable bonds is 6. The van der Waals surface area contributed by atoms with Crippen molar-refractivity contribution in [1.29, 1.82) is 0 Å². The number of aliphatic hydroxyl groups is 1. The maximum absolute atomic E-state index is 13.6. The van der Waals surface area contributed by atoms with Gasteiger partial charge < -0.3 is 9.67 Å². The minimum Gasteiger partial charge on any atom is -0.394 e. The number of aryl methyl sites for hydroxylation is 2. The molecule has 0 saturated carbocycles. The van der Waals surface area contributed by atoms with Crippen LogP contribution in [0.15, 0.2) is 60.0 Å². The van der Waals surface area contributed by atoms with E-state index in [1.54, 1.807) is 6.33 Å². The van der Waals surface area contributed by atoms with E-state index in [1.165, 1.54) is 18.3 Å². The Labute approximate surface area is 188 Å². The van der Waals surface area contributed by atoms with E-state index in [9.17, 15) is 14.3 Å². The molecule has 1 atom stereocenters. The van der Waals surface area contributed by atoms with Gasteiger partial charge in [-0.15, -0.1) is 0 Å². The minimum atomic E-state index is -0.906. The van der Waals surface area contributed by atoms with E-state index in [4.69, 9.17) is 11.6 Å². The number of benzene rings is 1. The summed E-state index contributed by atoms with van der Waals surface area (Å²) in [5.74, 6) is -0.570. The Balaban J connectivity index is 1.69. The van der Waals surface area contributed by atoms with Crippen LogP contribution in [0.3, 0.4) is 0 Å². The highest BCUT2D eigenvalue weighted by atomic mass is 35.5. The first-order valence-electron chi connectivity index (χ1n) is 9.95. The lowest BCUT2D eigenvalue weighted by Gasteiger charge is -2.18. The third-order valence-corrected chi connectivity index (χ3v) is 5.39. The minimum absolute atomic E-state index is 0.102. The van der Waals surface area contributed by atoms with Crippen LogP contribution < -0.4 is 5.56 Å². The third-order valence-electron chi connectivity index (χ3n) is 5.20. The van der Waals surface area contributed by atoms with Crippen LogP contribution in [0.4, 0.5) is 4.39 Å². The summed E-state index contributed by atoms with van der Waals surface area (Å²) in [5.41, 5.74) is 4.20. The topological polar surface area (TPSA) is 85.8 Å². The lowest BCUT2D eigenvalue weighted by atomic mass is 10.0. The Morgan fingerprint density at radius 3 is 2.66 bits per heavy atom. The van der Waals surface area contributed by atoms with Crippen LogP contribution in [0.1, 0.15) is 34.0 Å². The van der Waals surface area contributed by atoms with E-state index in [-0.39, 0.29) is 5.15 Å². The molecular weight excluding hydrogens is 433 g/mol. The zero-order chi connectivity index (χ0) is 22.8. The number of pyridine rings is 1. The van der Waals surface area contributed by atoms with Gasteiger partial charge in [0.2, 0.25) is 0 Å². The molecule has 7 nitrogen and oxygen atoms in total. The standard InChI is InChI=1S/C23H21ClFN5O2/c1-14-5-16(3-4-20(14)29-11-15(2)27-13-29)6-17-8-22(24)28-30(23(17)32)21(12-31)18-7-19(25)10-26-9-18/h3-5,7-11,13,21,31H,6,12H2,1-2H3/t21-/m0/s1. The number of hydrogen-bond donors (Lipinski definition) is 1. The molecule has 0 unspecified atom stereocenters. The smallest absolute Gasteiger partial charge is 0.271 e. The number of halogens is 2. The summed E-state index contributed by atoms with van der Waals surface area (Å²) in [7, 11) is 0. The Kier molecular flexibility index (Phi) is 6.16. The van der Waals surface area contributed by atoms with Gasteiger partial charge >= 0.3 is 0 Å². The second kappa shape index (κ2) is 9.02. The average molecular weight is 454 g/mol. The highest BCUT2D eigenvalue weighted by Gasteiger charge is 2.20. The predicted molar refractivity (Wildman–Crippen MR) is 119 cm³/mol. The van der Waals surface area contributed by atoms with Crippen molar-refractivity contribution in [2.24, 2.45) is 0 Å². The number of imidazole rings is 1. The van der Waals surface area contributed by atoms with Crippen molar-refractivity contribution in [3.8, 4) is 5.69 Å².